The van der Waals surface area contributed by atoms with Crippen LogP contribution in [0.5, 0.6) is 0 Å². The third kappa shape index (κ3) is 3.19. The minimum Gasteiger partial charge on any atom is -0.312 e. The lowest BCUT2D eigenvalue weighted by atomic mass is 10.1. The van der Waals surface area contributed by atoms with Gasteiger partial charge in [-0.05, 0) is 30.7 Å². The normalized spacial score (nSPS) is 12.8. The summed E-state index contributed by atoms with van der Waals surface area (Å²) in [4.78, 5) is 23.3. The van der Waals surface area contributed by atoms with E-state index in [1.54, 1.807) is 0 Å². The summed E-state index contributed by atoms with van der Waals surface area (Å²) in [6.45, 7) is 1.51. The van der Waals surface area contributed by atoms with E-state index in [1.807, 2.05) is 0 Å². The molecule has 8 nitrogen and oxygen atoms in total. The van der Waals surface area contributed by atoms with Crippen molar-refractivity contribution >= 4 is 33.7 Å². The van der Waals surface area contributed by atoms with Crippen LogP contribution in [0.1, 0.15) is 16.0 Å². The molecule has 2 heterocycles. The number of benzene rings is 1. The van der Waals surface area contributed by atoms with Crippen LogP contribution in [0.15, 0.2) is 24.3 Å². The number of anilines is 2. The minimum absolute atomic E-state index is 0.0499. The number of hydrogen-bond donors (Lipinski definition) is 3. The number of nitrogens with one attached hydrogen (secondary N) is 3. The monoisotopic (exact) mass is 343 g/mol. The Morgan fingerprint density at radius 3 is 2.75 bits per heavy atom. The molecule has 3 rings (SSSR count). The molecule has 24 heavy (non-hydrogen) atoms. The first-order valence-corrected chi connectivity index (χ1v) is 7.98. The molecular formula is C15H13N5O3S. The Kier molecular flexibility index (Phi) is 4.41. The summed E-state index contributed by atoms with van der Waals surface area (Å²) in [7, 11) is 0. The maximum atomic E-state index is 12.1. The Morgan fingerprint density at radius 1 is 1.33 bits per heavy atom. The number of carbonyl (C=O) groups excluding carboxylic acids is 1. The van der Waals surface area contributed by atoms with Gasteiger partial charge in [-0.1, -0.05) is 0 Å². The van der Waals surface area contributed by atoms with Gasteiger partial charge >= 0.3 is 6.03 Å². The summed E-state index contributed by atoms with van der Waals surface area (Å²) in [5, 5.41) is 29.0. The van der Waals surface area contributed by atoms with Gasteiger partial charge in [0.25, 0.3) is 5.69 Å². The zero-order valence-electron chi connectivity index (χ0n) is 12.5. The van der Waals surface area contributed by atoms with Gasteiger partial charge < -0.3 is 10.6 Å². The van der Waals surface area contributed by atoms with E-state index in [2.05, 4.69) is 22.0 Å². The number of fused-ring (bicyclic) bond motifs is 1. The predicted octanol–water partition coefficient (Wildman–Crippen LogP) is 2.82. The number of thiophene rings is 1. The van der Waals surface area contributed by atoms with Crippen LogP contribution in [0.2, 0.25) is 0 Å². The highest BCUT2D eigenvalue weighted by atomic mass is 32.1. The average molecular weight is 343 g/mol. The van der Waals surface area contributed by atoms with Crippen LogP contribution in [-0.4, -0.2) is 17.5 Å². The Hall–Kier alpha value is -2.96. The first-order chi connectivity index (χ1) is 11.6. The fraction of sp³-hybridized carbons (Fsp3) is 0.200. The first kappa shape index (κ1) is 15.9. The summed E-state index contributed by atoms with van der Waals surface area (Å²) >= 11 is 1.39. The van der Waals surface area contributed by atoms with Gasteiger partial charge in [-0.25, -0.2) is 4.79 Å². The van der Waals surface area contributed by atoms with Gasteiger partial charge in [0.15, 0.2) is 0 Å². The van der Waals surface area contributed by atoms with Gasteiger partial charge in [-0.15, -0.1) is 11.3 Å². The van der Waals surface area contributed by atoms with Crippen LogP contribution >= 0.6 is 11.3 Å². The molecule has 1 aromatic heterocycles. The number of hydrogen-bond acceptors (Lipinski definition) is 6. The maximum absolute atomic E-state index is 12.1. The van der Waals surface area contributed by atoms with E-state index in [9.17, 15) is 20.2 Å². The zero-order chi connectivity index (χ0) is 17.1. The summed E-state index contributed by atoms with van der Waals surface area (Å²) < 4.78 is 0. The SMILES string of the molecule is N#Cc1c(NC(=O)Nc2ccc([N+](=O)[O-])cc2)sc2c1CCNC2. The molecule has 3 N–H and O–H groups in total. The molecule has 0 unspecified atom stereocenters. The molecule has 0 aliphatic carbocycles. The number of nitriles is 1. The highest BCUT2D eigenvalue weighted by molar-refractivity contribution is 7.16. The molecule has 1 aliphatic heterocycles. The highest BCUT2D eigenvalue weighted by Gasteiger charge is 2.21. The number of nitro groups is 1. The Labute approximate surface area is 141 Å². The van der Waals surface area contributed by atoms with Gasteiger partial charge in [0.2, 0.25) is 0 Å². The van der Waals surface area contributed by atoms with E-state index >= 15 is 0 Å². The van der Waals surface area contributed by atoms with Crippen LogP contribution in [0, 0.1) is 21.4 Å². The summed E-state index contributed by atoms with van der Waals surface area (Å²) in [5.41, 5.74) is 1.88. The lowest BCUT2D eigenvalue weighted by Crippen LogP contribution is -2.22. The van der Waals surface area contributed by atoms with Gasteiger partial charge in [-0.2, -0.15) is 5.26 Å². The molecule has 122 valence electrons. The molecule has 9 heteroatoms. The summed E-state index contributed by atoms with van der Waals surface area (Å²) in [5.74, 6) is 0. The number of nitro benzene ring substituents is 1. The molecule has 0 saturated heterocycles. The van der Waals surface area contributed by atoms with Crippen LogP contribution in [0.3, 0.4) is 0 Å². The Morgan fingerprint density at radius 2 is 2.08 bits per heavy atom. The van der Waals surface area contributed by atoms with Crippen LogP contribution in [0.4, 0.5) is 21.2 Å². The standard InChI is InChI=1S/C15H13N5O3S/c16-7-12-11-5-6-17-8-13(11)24-14(12)19-15(21)18-9-1-3-10(4-2-9)20(22)23/h1-4,17H,5-6,8H2,(H2,18,19,21). The van der Waals surface area contributed by atoms with E-state index in [-0.39, 0.29) is 5.69 Å². The molecule has 0 bridgehead atoms. The van der Waals surface area contributed by atoms with Crippen molar-refractivity contribution in [2.45, 2.75) is 13.0 Å². The van der Waals surface area contributed by atoms with Crippen molar-refractivity contribution in [3.63, 3.8) is 0 Å². The average Bonchev–Trinajstić information content (AvgIpc) is 2.92. The second kappa shape index (κ2) is 6.66. The van der Waals surface area contributed by atoms with Crippen LogP contribution < -0.4 is 16.0 Å². The third-order valence-electron chi connectivity index (χ3n) is 3.60. The molecule has 0 fully saturated rings. The fourth-order valence-corrected chi connectivity index (χ4v) is 3.64. The van der Waals surface area contributed by atoms with E-state index in [4.69, 9.17) is 0 Å². The van der Waals surface area contributed by atoms with Crippen LogP contribution in [-0.2, 0) is 13.0 Å². The van der Waals surface area contributed by atoms with E-state index in [0.29, 0.717) is 22.8 Å². The second-order valence-corrected chi connectivity index (χ2v) is 6.23. The van der Waals surface area contributed by atoms with E-state index in [1.165, 1.54) is 35.6 Å². The largest absolute Gasteiger partial charge is 0.324 e. The van der Waals surface area contributed by atoms with Crippen molar-refractivity contribution in [2.75, 3.05) is 17.2 Å². The van der Waals surface area contributed by atoms with Gasteiger partial charge in [-0.3, -0.25) is 15.4 Å². The Bertz CT molecular complexity index is 838. The lowest BCUT2D eigenvalue weighted by Gasteiger charge is -2.11. The number of urea groups is 1. The van der Waals surface area contributed by atoms with Crippen molar-refractivity contribution in [1.82, 2.24) is 5.32 Å². The quantitative estimate of drug-likeness (QED) is 0.584. The molecular weight excluding hydrogens is 330 g/mol. The smallest absolute Gasteiger partial charge is 0.312 e. The molecule has 0 atom stereocenters. The summed E-state index contributed by atoms with van der Waals surface area (Å²) in [6.07, 6.45) is 0.764. The fourth-order valence-electron chi connectivity index (χ4n) is 2.47. The molecule has 1 aromatic carbocycles. The molecule has 2 amide bonds. The van der Waals surface area contributed by atoms with Gasteiger partial charge in [0, 0.05) is 29.2 Å². The van der Waals surface area contributed by atoms with E-state index in [0.717, 1.165) is 23.4 Å². The van der Waals surface area contributed by atoms with Crippen molar-refractivity contribution in [3.8, 4) is 6.07 Å². The molecule has 0 spiro atoms. The number of carbonyl (C=O) groups is 1. The van der Waals surface area contributed by atoms with Crippen molar-refractivity contribution in [3.05, 3.63) is 50.4 Å². The first-order valence-electron chi connectivity index (χ1n) is 7.16. The van der Waals surface area contributed by atoms with Crippen LogP contribution in [0.25, 0.3) is 0 Å². The Balaban J connectivity index is 1.72. The van der Waals surface area contributed by atoms with Gasteiger partial charge in [0.05, 0.1) is 10.5 Å². The maximum Gasteiger partial charge on any atom is 0.324 e. The highest BCUT2D eigenvalue weighted by Crippen LogP contribution is 2.34. The van der Waals surface area contributed by atoms with Crippen molar-refractivity contribution < 1.29 is 9.72 Å². The van der Waals surface area contributed by atoms with E-state index < -0.39 is 11.0 Å². The lowest BCUT2D eigenvalue weighted by molar-refractivity contribution is -0.384. The number of non-ortho nitro benzene ring substituents is 1. The zero-order valence-corrected chi connectivity index (χ0v) is 13.3. The minimum atomic E-state index is -0.507. The summed E-state index contributed by atoms with van der Waals surface area (Å²) in [6, 6.07) is 7.19. The molecule has 0 radical (unpaired) electrons. The predicted molar refractivity (Wildman–Crippen MR) is 90.2 cm³/mol. The van der Waals surface area contributed by atoms with Gasteiger partial charge in [0.1, 0.15) is 11.1 Å². The molecule has 0 saturated carbocycles. The second-order valence-electron chi connectivity index (χ2n) is 5.13. The number of amides is 2. The van der Waals surface area contributed by atoms with Crippen molar-refractivity contribution in [2.24, 2.45) is 0 Å². The third-order valence-corrected chi connectivity index (χ3v) is 4.75. The number of nitrogens with zero attached hydrogens (tertiary/aromatic N) is 2. The molecule has 1 aliphatic rings. The molecule has 2 aromatic rings. The van der Waals surface area contributed by atoms with Crippen molar-refractivity contribution in [1.29, 1.82) is 5.26 Å². The topological polar surface area (TPSA) is 120 Å². The number of rotatable bonds is 3.